The number of fused-ring (bicyclic) bond motifs is 1. The summed E-state index contributed by atoms with van der Waals surface area (Å²) in [6.07, 6.45) is 0.332. The Morgan fingerprint density at radius 1 is 1.11 bits per heavy atom. The Labute approximate surface area is 218 Å². The standard InChI is InChI=1S/C28H25ClFN3O4/c1-33(24-8-2-3-9-25(24)37-13-5-10-26(34)35)28(36)17-11-12-21(29)19(14-17)27-18(16-31)15-20-22(30)6-4-7-23(20)32-27/h2-4,6-9,11-12,14-15H,5,10,13,16,31H2,1H3,(H,34,35). The Kier molecular flexibility index (Phi) is 8.01. The number of carbonyl (C=O) groups is 2. The van der Waals surface area contributed by atoms with E-state index in [0.717, 1.165) is 0 Å². The Balaban J connectivity index is 1.67. The lowest BCUT2D eigenvalue weighted by Gasteiger charge is -2.21. The highest BCUT2D eigenvalue weighted by atomic mass is 35.5. The van der Waals surface area contributed by atoms with Crippen LogP contribution < -0.4 is 15.4 Å². The molecule has 0 unspecified atom stereocenters. The molecule has 0 saturated heterocycles. The number of benzene rings is 3. The molecule has 0 saturated carbocycles. The van der Waals surface area contributed by atoms with Gasteiger partial charge in [0, 0.05) is 36.5 Å². The quantitative estimate of drug-likeness (QED) is 0.275. The SMILES string of the molecule is CN(C(=O)c1ccc(Cl)c(-c2nc3cccc(F)c3cc2CN)c1)c1ccccc1OCCCC(=O)O. The zero-order valence-corrected chi connectivity index (χ0v) is 20.8. The van der Waals surface area contributed by atoms with Gasteiger partial charge in [-0.25, -0.2) is 9.37 Å². The van der Waals surface area contributed by atoms with Gasteiger partial charge in [-0.15, -0.1) is 0 Å². The number of anilines is 1. The van der Waals surface area contributed by atoms with Gasteiger partial charge in [-0.2, -0.15) is 0 Å². The van der Waals surface area contributed by atoms with Crippen molar-refractivity contribution in [2.75, 3.05) is 18.6 Å². The zero-order chi connectivity index (χ0) is 26.5. The van der Waals surface area contributed by atoms with E-state index in [9.17, 15) is 14.0 Å². The number of aliphatic carboxylic acids is 1. The van der Waals surface area contributed by atoms with Crippen LogP contribution in [0.4, 0.5) is 10.1 Å². The number of halogens is 2. The maximum atomic E-state index is 14.3. The van der Waals surface area contributed by atoms with E-state index in [-0.39, 0.29) is 25.5 Å². The molecule has 3 aromatic carbocycles. The van der Waals surface area contributed by atoms with E-state index in [1.165, 1.54) is 11.0 Å². The van der Waals surface area contributed by atoms with Gasteiger partial charge in [0.2, 0.25) is 0 Å². The fourth-order valence-corrected chi connectivity index (χ4v) is 4.20. The largest absolute Gasteiger partial charge is 0.491 e. The maximum absolute atomic E-state index is 14.3. The van der Waals surface area contributed by atoms with Crippen LogP contribution in [-0.2, 0) is 11.3 Å². The second-order valence-corrected chi connectivity index (χ2v) is 8.79. The molecule has 37 heavy (non-hydrogen) atoms. The molecule has 3 N–H and O–H groups in total. The Hall–Kier alpha value is -4.01. The number of amides is 1. The van der Waals surface area contributed by atoms with Crippen molar-refractivity contribution in [3.05, 3.63) is 88.7 Å². The number of nitrogens with two attached hydrogens (primary N) is 1. The van der Waals surface area contributed by atoms with Crippen molar-refractivity contribution < 1.29 is 23.8 Å². The lowest BCUT2D eigenvalue weighted by molar-refractivity contribution is -0.137. The minimum Gasteiger partial charge on any atom is -0.491 e. The first-order chi connectivity index (χ1) is 17.8. The predicted molar refractivity (Wildman–Crippen MR) is 142 cm³/mol. The predicted octanol–water partition coefficient (Wildman–Crippen LogP) is 5.67. The van der Waals surface area contributed by atoms with Crippen LogP contribution in [0.1, 0.15) is 28.8 Å². The number of nitrogens with zero attached hydrogens (tertiary/aromatic N) is 2. The number of rotatable bonds is 9. The van der Waals surface area contributed by atoms with Crippen LogP contribution >= 0.6 is 11.6 Å². The summed E-state index contributed by atoms with van der Waals surface area (Å²) in [7, 11) is 1.62. The lowest BCUT2D eigenvalue weighted by atomic mass is 10.0. The van der Waals surface area contributed by atoms with Crippen LogP contribution in [0.5, 0.6) is 5.75 Å². The van der Waals surface area contributed by atoms with Gasteiger partial charge >= 0.3 is 5.97 Å². The number of ether oxygens (including phenoxy) is 1. The minimum atomic E-state index is -0.897. The molecule has 4 rings (SSSR count). The zero-order valence-electron chi connectivity index (χ0n) is 20.1. The topological polar surface area (TPSA) is 106 Å². The molecule has 4 aromatic rings. The molecule has 9 heteroatoms. The van der Waals surface area contributed by atoms with E-state index in [1.54, 1.807) is 67.7 Å². The van der Waals surface area contributed by atoms with Crippen molar-refractivity contribution in [3.63, 3.8) is 0 Å². The third-order valence-electron chi connectivity index (χ3n) is 5.90. The first-order valence-electron chi connectivity index (χ1n) is 11.6. The number of pyridine rings is 1. The van der Waals surface area contributed by atoms with Crippen molar-refractivity contribution >= 4 is 40.1 Å². The summed E-state index contributed by atoms with van der Waals surface area (Å²) in [5, 5.41) is 9.56. The first kappa shape index (κ1) is 26.1. The van der Waals surface area contributed by atoms with E-state index in [0.29, 0.717) is 56.2 Å². The van der Waals surface area contributed by atoms with E-state index in [1.807, 2.05) is 0 Å². The summed E-state index contributed by atoms with van der Waals surface area (Å²) >= 11 is 6.52. The fraction of sp³-hybridized carbons (Fsp3) is 0.179. The van der Waals surface area contributed by atoms with Crippen LogP contribution in [0.3, 0.4) is 0 Å². The maximum Gasteiger partial charge on any atom is 0.303 e. The Morgan fingerprint density at radius 2 is 1.89 bits per heavy atom. The highest BCUT2D eigenvalue weighted by Gasteiger charge is 2.20. The molecule has 0 radical (unpaired) electrons. The van der Waals surface area contributed by atoms with Gasteiger partial charge in [0.05, 0.1) is 28.5 Å². The lowest BCUT2D eigenvalue weighted by Crippen LogP contribution is -2.26. The van der Waals surface area contributed by atoms with E-state index in [4.69, 9.17) is 27.2 Å². The summed E-state index contributed by atoms with van der Waals surface area (Å²) in [6.45, 7) is 0.306. The number of aromatic nitrogens is 1. The summed E-state index contributed by atoms with van der Waals surface area (Å²) in [5.41, 5.74) is 8.87. The van der Waals surface area contributed by atoms with Gasteiger partial charge in [-0.05, 0) is 60.5 Å². The van der Waals surface area contributed by atoms with Crippen molar-refractivity contribution in [2.24, 2.45) is 5.73 Å². The summed E-state index contributed by atoms with van der Waals surface area (Å²) in [5.74, 6) is -1.15. The molecule has 0 atom stereocenters. The number of carbonyl (C=O) groups excluding carboxylic acids is 1. The molecular formula is C28H25ClFN3O4. The van der Waals surface area contributed by atoms with Gasteiger partial charge in [0.25, 0.3) is 5.91 Å². The summed E-state index contributed by atoms with van der Waals surface area (Å²) < 4.78 is 20.1. The van der Waals surface area contributed by atoms with Crippen molar-refractivity contribution in [2.45, 2.75) is 19.4 Å². The molecule has 0 aliphatic rings. The Morgan fingerprint density at radius 3 is 2.65 bits per heavy atom. The molecule has 0 spiro atoms. The molecule has 1 heterocycles. The number of hydrogen-bond donors (Lipinski definition) is 2. The van der Waals surface area contributed by atoms with Crippen molar-refractivity contribution in [1.82, 2.24) is 4.98 Å². The highest BCUT2D eigenvalue weighted by molar-refractivity contribution is 6.33. The fourth-order valence-electron chi connectivity index (χ4n) is 3.99. The van der Waals surface area contributed by atoms with Gasteiger partial charge < -0.3 is 20.5 Å². The van der Waals surface area contributed by atoms with Crippen LogP contribution in [0.25, 0.3) is 22.2 Å². The average molecular weight is 522 g/mol. The average Bonchev–Trinajstić information content (AvgIpc) is 2.90. The smallest absolute Gasteiger partial charge is 0.303 e. The highest BCUT2D eigenvalue weighted by Crippen LogP contribution is 2.34. The van der Waals surface area contributed by atoms with Crippen LogP contribution in [0, 0.1) is 5.82 Å². The first-order valence-corrected chi connectivity index (χ1v) is 12.0. The normalized spacial score (nSPS) is 10.9. The van der Waals surface area contributed by atoms with Gasteiger partial charge in [0.1, 0.15) is 11.6 Å². The molecule has 1 aromatic heterocycles. The van der Waals surface area contributed by atoms with E-state index < -0.39 is 11.8 Å². The second kappa shape index (κ2) is 11.4. The molecule has 1 amide bonds. The number of carboxylic acids is 1. The third kappa shape index (κ3) is 5.71. The van der Waals surface area contributed by atoms with E-state index in [2.05, 4.69) is 4.98 Å². The van der Waals surface area contributed by atoms with Crippen molar-refractivity contribution in [3.8, 4) is 17.0 Å². The number of hydrogen-bond acceptors (Lipinski definition) is 5. The summed E-state index contributed by atoms with van der Waals surface area (Å²) in [6, 6.07) is 18.2. The van der Waals surface area contributed by atoms with Gasteiger partial charge in [-0.3, -0.25) is 9.59 Å². The van der Waals surface area contributed by atoms with Crippen LogP contribution in [0.15, 0.2) is 66.7 Å². The molecular weight excluding hydrogens is 497 g/mol. The van der Waals surface area contributed by atoms with Gasteiger partial charge in [-0.1, -0.05) is 29.8 Å². The van der Waals surface area contributed by atoms with E-state index >= 15 is 0 Å². The molecule has 0 fully saturated rings. The van der Waals surface area contributed by atoms with Crippen LogP contribution in [-0.4, -0.2) is 35.6 Å². The van der Waals surface area contributed by atoms with Gasteiger partial charge in [0.15, 0.2) is 0 Å². The molecule has 0 bridgehead atoms. The minimum absolute atomic E-state index is 0.00920. The molecule has 0 aliphatic heterocycles. The molecule has 190 valence electrons. The number of para-hydroxylation sites is 2. The second-order valence-electron chi connectivity index (χ2n) is 8.38. The van der Waals surface area contributed by atoms with Crippen LogP contribution in [0.2, 0.25) is 5.02 Å². The molecule has 7 nitrogen and oxygen atoms in total. The molecule has 0 aliphatic carbocycles. The monoisotopic (exact) mass is 521 g/mol. The number of carboxylic acid groups (broad SMARTS) is 1. The Bertz CT molecular complexity index is 1480. The third-order valence-corrected chi connectivity index (χ3v) is 6.23. The summed E-state index contributed by atoms with van der Waals surface area (Å²) in [4.78, 5) is 30.3. The van der Waals surface area contributed by atoms with Crippen molar-refractivity contribution in [1.29, 1.82) is 0 Å².